The van der Waals surface area contributed by atoms with E-state index in [1.165, 1.54) is 12.4 Å². The number of nitrogens with two attached hydrogens (primary N) is 1. The molecule has 8 nitrogen and oxygen atoms in total. The van der Waals surface area contributed by atoms with Crippen molar-refractivity contribution in [2.24, 2.45) is 10.8 Å². The van der Waals surface area contributed by atoms with Gasteiger partial charge in [0.1, 0.15) is 12.0 Å². The number of aldehydes is 1. The Labute approximate surface area is 128 Å². The zero-order chi connectivity index (χ0) is 16.4. The quantitative estimate of drug-likeness (QED) is 0.174. The van der Waals surface area contributed by atoms with Gasteiger partial charge in [-0.25, -0.2) is 0 Å². The number of carbonyl (C=O) groups excluding carboxylic acids is 1. The summed E-state index contributed by atoms with van der Waals surface area (Å²) in [6.07, 6.45) is 5.83. The van der Waals surface area contributed by atoms with Crippen LogP contribution in [0.3, 0.4) is 0 Å². The first kappa shape index (κ1) is 18.0. The largest absolute Gasteiger partial charge is 0.723 e. The van der Waals surface area contributed by atoms with Crippen molar-refractivity contribution in [1.82, 2.24) is 10.4 Å². The number of nitrogens with one attached hydrogen (secondary N) is 1. The smallest absolute Gasteiger partial charge is 0.145 e. The highest BCUT2D eigenvalue weighted by molar-refractivity contribution is 5.85. The number of aromatic hydroxyl groups is 1. The molecule has 0 aliphatic carbocycles. The third-order valence-electron chi connectivity index (χ3n) is 3.14. The van der Waals surface area contributed by atoms with Crippen molar-refractivity contribution < 1.29 is 20.0 Å². The minimum absolute atomic E-state index is 0.0779. The summed E-state index contributed by atoms with van der Waals surface area (Å²) in [5, 5.41) is 24.2. The normalized spacial score (nSPS) is 12.5. The second-order valence-electron chi connectivity index (χ2n) is 4.81. The fourth-order valence-electron chi connectivity index (χ4n) is 1.84. The number of aryl methyl sites for hydroxylation is 1. The fourth-order valence-corrected chi connectivity index (χ4v) is 1.84. The van der Waals surface area contributed by atoms with Gasteiger partial charge >= 0.3 is 0 Å². The van der Waals surface area contributed by atoms with Gasteiger partial charge < -0.3 is 25.8 Å². The Balaban J connectivity index is 2.75. The molecule has 0 aliphatic rings. The Hall–Kier alpha value is -2.03. The first-order chi connectivity index (χ1) is 10.6. The van der Waals surface area contributed by atoms with E-state index in [4.69, 9.17) is 5.73 Å². The van der Waals surface area contributed by atoms with E-state index in [-0.39, 0.29) is 12.4 Å². The molecule has 8 heteroatoms. The molecule has 0 fully saturated rings. The molecule has 0 spiro atoms. The Morgan fingerprint density at radius 3 is 3.00 bits per heavy atom. The number of unbranched alkanes of at least 4 members (excludes halogenated alkanes) is 1. The van der Waals surface area contributed by atoms with Crippen LogP contribution in [-0.4, -0.2) is 35.2 Å². The number of hydrogen-bond acceptors (Lipinski definition) is 8. The average molecular weight is 309 g/mol. The summed E-state index contributed by atoms with van der Waals surface area (Å²) in [6.45, 7) is 1.97. The van der Waals surface area contributed by atoms with Gasteiger partial charge in [-0.15, -0.1) is 0 Å². The van der Waals surface area contributed by atoms with Crippen molar-refractivity contribution in [3.8, 4) is 5.75 Å². The summed E-state index contributed by atoms with van der Waals surface area (Å²) < 4.78 is 0. The van der Waals surface area contributed by atoms with E-state index < -0.39 is 6.04 Å². The molecule has 1 rings (SSSR count). The third kappa shape index (κ3) is 5.40. The molecule has 0 radical (unpaired) electrons. The molecular formula is C14H21N4O4-. The highest BCUT2D eigenvalue weighted by Gasteiger charge is 2.10. The van der Waals surface area contributed by atoms with Crippen LogP contribution >= 0.6 is 0 Å². The molecule has 0 saturated carbocycles. The summed E-state index contributed by atoms with van der Waals surface area (Å²) >= 11 is 0. The first-order valence-corrected chi connectivity index (χ1v) is 7.00. The lowest BCUT2D eigenvalue weighted by molar-refractivity contribution is -0.695. The van der Waals surface area contributed by atoms with Crippen LogP contribution in [0.25, 0.3) is 0 Å². The zero-order valence-electron chi connectivity index (χ0n) is 12.5. The van der Waals surface area contributed by atoms with Crippen LogP contribution in [0.15, 0.2) is 11.3 Å². The highest BCUT2D eigenvalue weighted by atomic mass is 17.1. The van der Waals surface area contributed by atoms with E-state index >= 15 is 0 Å². The second kappa shape index (κ2) is 9.82. The van der Waals surface area contributed by atoms with Crippen LogP contribution in [0.2, 0.25) is 0 Å². The van der Waals surface area contributed by atoms with Crippen LogP contribution in [0.1, 0.15) is 36.1 Å². The zero-order valence-corrected chi connectivity index (χ0v) is 12.5. The summed E-state index contributed by atoms with van der Waals surface area (Å²) in [6, 6.07) is -0.424. The molecule has 1 atom stereocenters. The topological polar surface area (TPSA) is 133 Å². The molecular weight excluding hydrogens is 288 g/mol. The number of carbonyl (C=O) groups is 1. The molecule has 0 bridgehead atoms. The average Bonchev–Trinajstić information content (AvgIpc) is 2.52. The maximum absolute atomic E-state index is 10.9. The number of aromatic nitrogens is 1. The van der Waals surface area contributed by atoms with E-state index in [0.29, 0.717) is 29.8 Å². The molecule has 1 aromatic heterocycles. The standard InChI is InChI=1S/C14H22N4O4/c1-10-14(20)13(11(6-16-10)9-22-21)7-17-18-12(8-19)4-2-3-5-15/h6-8,12,18,20-21H,2-5,9,15H2,1H3/p-1/b17-7+/t12-/m0/s1. The van der Waals surface area contributed by atoms with Gasteiger partial charge in [0.2, 0.25) is 0 Å². The molecule has 1 heterocycles. The first-order valence-electron chi connectivity index (χ1n) is 7.00. The monoisotopic (exact) mass is 309 g/mol. The van der Waals surface area contributed by atoms with Gasteiger partial charge in [-0.1, -0.05) is 0 Å². The molecule has 4 N–H and O–H groups in total. The fraction of sp³-hybridized carbons (Fsp3) is 0.500. The van der Waals surface area contributed by atoms with E-state index in [1.807, 2.05) is 0 Å². The van der Waals surface area contributed by atoms with Gasteiger partial charge in [-0.05, 0) is 32.7 Å². The number of hydrazone groups is 1. The molecule has 122 valence electrons. The van der Waals surface area contributed by atoms with Crippen molar-refractivity contribution >= 4 is 12.5 Å². The van der Waals surface area contributed by atoms with Gasteiger partial charge in [0.05, 0.1) is 24.6 Å². The molecule has 22 heavy (non-hydrogen) atoms. The molecule has 0 saturated heterocycles. The van der Waals surface area contributed by atoms with E-state index in [0.717, 1.165) is 19.1 Å². The van der Waals surface area contributed by atoms with Gasteiger partial charge in [0.15, 0.2) is 0 Å². The van der Waals surface area contributed by atoms with Gasteiger partial charge in [0, 0.05) is 17.3 Å². The predicted molar refractivity (Wildman–Crippen MR) is 78.9 cm³/mol. The summed E-state index contributed by atoms with van der Waals surface area (Å²) in [4.78, 5) is 18.7. The van der Waals surface area contributed by atoms with Gasteiger partial charge in [-0.3, -0.25) is 10.4 Å². The van der Waals surface area contributed by atoms with Crippen molar-refractivity contribution in [2.45, 2.75) is 38.8 Å². The lowest BCUT2D eigenvalue weighted by atomic mass is 10.1. The van der Waals surface area contributed by atoms with Crippen molar-refractivity contribution in [3.63, 3.8) is 0 Å². The van der Waals surface area contributed by atoms with Crippen molar-refractivity contribution in [1.29, 1.82) is 0 Å². The SMILES string of the molecule is Cc1ncc(CO[O-])c(/C=N/N[C@H](C=O)CCCCN)c1O. The summed E-state index contributed by atoms with van der Waals surface area (Å²) in [7, 11) is 0. The molecule has 0 unspecified atom stereocenters. The lowest BCUT2D eigenvalue weighted by Gasteiger charge is -2.12. The number of nitrogens with zero attached hydrogens (tertiary/aromatic N) is 2. The summed E-state index contributed by atoms with van der Waals surface area (Å²) in [5.74, 6) is -0.0779. The van der Waals surface area contributed by atoms with E-state index in [2.05, 4.69) is 20.4 Å². The van der Waals surface area contributed by atoms with Crippen molar-refractivity contribution in [2.75, 3.05) is 6.54 Å². The Morgan fingerprint density at radius 2 is 2.36 bits per heavy atom. The van der Waals surface area contributed by atoms with Crippen LogP contribution in [0, 0.1) is 6.92 Å². The maximum Gasteiger partial charge on any atom is 0.145 e. The van der Waals surface area contributed by atoms with Crippen LogP contribution < -0.4 is 16.4 Å². The molecule has 0 aliphatic heterocycles. The second-order valence-corrected chi connectivity index (χ2v) is 4.81. The number of hydrogen-bond donors (Lipinski definition) is 3. The minimum Gasteiger partial charge on any atom is -0.723 e. The van der Waals surface area contributed by atoms with Gasteiger partial charge in [0.25, 0.3) is 0 Å². The lowest BCUT2D eigenvalue weighted by Crippen LogP contribution is -2.26. The Kier molecular flexibility index (Phi) is 8.05. The number of rotatable bonds is 10. The summed E-state index contributed by atoms with van der Waals surface area (Å²) in [5.41, 5.74) is 9.26. The van der Waals surface area contributed by atoms with Crippen molar-refractivity contribution in [3.05, 3.63) is 23.0 Å². The van der Waals surface area contributed by atoms with E-state index in [9.17, 15) is 15.2 Å². The molecule has 0 aromatic carbocycles. The van der Waals surface area contributed by atoms with Crippen LogP contribution in [-0.2, 0) is 16.3 Å². The predicted octanol–water partition coefficient (Wildman–Crippen LogP) is -0.492. The number of pyridine rings is 1. The van der Waals surface area contributed by atoms with E-state index in [1.54, 1.807) is 6.92 Å². The highest BCUT2D eigenvalue weighted by Crippen LogP contribution is 2.22. The third-order valence-corrected chi connectivity index (χ3v) is 3.14. The minimum atomic E-state index is -0.424. The molecule has 0 amide bonds. The maximum atomic E-state index is 10.9. The Morgan fingerprint density at radius 1 is 1.59 bits per heavy atom. The Bertz CT molecular complexity index is 508. The van der Waals surface area contributed by atoms with Crippen LogP contribution in [0.5, 0.6) is 5.75 Å². The molecule has 1 aromatic rings. The van der Waals surface area contributed by atoms with Gasteiger partial charge in [-0.2, -0.15) is 5.10 Å². The van der Waals surface area contributed by atoms with Crippen LogP contribution in [0.4, 0.5) is 0 Å².